The van der Waals surface area contributed by atoms with E-state index in [0.717, 1.165) is 12.1 Å². The van der Waals surface area contributed by atoms with Crippen molar-refractivity contribution in [2.24, 2.45) is 0 Å². The second-order valence-electron chi connectivity index (χ2n) is 7.33. The Hall–Kier alpha value is -3.43. The number of alkyl halides is 3. The number of hydrogen-bond acceptors (Lipinski definition) is 6. The summed E-state index contributed by atoms with van der Waals surface area (Å²) < 4.78 is 51.1. The first-order chi connectivity index (χ1) is 14.5. The summed E-state index contributed by atoms with van der Waals surface area (Å²) in [6.07, 6.45) is -2.17. The van der Waals surface area contributed by atoms with Gasteiger partial charge in [-0.3, -0.25) is 0 Å². The summed E-state index contributed by atoms with van der Waals surface area (Å²) in [6.45, 7) is 8.33. The van der Waals surface area contributed by atoms with Crippen LogP contribution in [-0.4, -0.2) is 32.0 Å². The van der Waals surface area contributed by atoms with Crippen molar-refractivity contribution in [1.29, 1.82) is 0 Å². The lowest BCUT2D eigenvalue weighted by atomic mass is 10.1. The summed E-state index contributed by atoms with van der Waals surface area (Å²) in [7, 11) is 0. The van der Waals surface area contributed by atoms with Crippen molar-refractivity contribution < 1.29 is 27.2 Å². The number of aromatic nitrogens is 4. The molecule has 7 nitrogen and oxygen atoms in total. The third-order valence-electron chi connectivity index (χ3n) is 4.30. The molecule has 3 aromatic rings. The summed E-state index contributed by atoms with van der Waals surface area (Å²) in [5, 5.41) is 8.08. The molecule has 0 amide bonds. The van der Waals surface area contributed by atoms with Crippen LogP contribution in [0.3, 0.4) is 0 Å². The Bertz CT molecular complexity index is 1120. The van der Waals surface area contributed by atoms with Gasteiger partial charge in [0.05, 0.1) is 28.5 Å². The van der Waals surface area contributed by atoms with E-state index in [1.54, 1.807) is 40.7 Å². The van der Waals surface area contributed by atoms with Crippen molar-refractivity contribution in [1.82, 2.24) is 19.9 Å². The van der Waals surface area contributed by atoms with Gasteiger partial charge in [0.15, 0.2) is 5.82 Å². The fourth-order valence-corrected chi connectivity index (χ4v) is 3.04. The number of aryl methyl sites for hydroxylation is 3. The predicted octanol–water partition coefficient (Wildman–Crippen LogP) is 4.83. The molecule has 31 heavy (non-hydrogen) atoms. The number of carbonyl (C=O) groups excluding carboxylic acids is 1. The molecule has 0 aliphatic carbocycles. The summed E-state index contributed by atoms with van der Waals surface area (Å²) in [6, 6.07) is 3.59. The maximum Gasteiger partial charge on any atom is 0.416 e. The maximum atomic E-state index is 13.1. The molecule has 164 valence electrons. The second-order valence-corrected chi connectivity index (χ2v) is 7.33. The Kier molecular flexibility index (Phi) is 6.01. The first kappa shape index (κ1) is 22.3. The van der Waals surface area contributed by atoms with E-state index in [0.29, 0.717) is 22.6 Å². The first-order valence-corrected chi connectivity index (χ1v) is 9.42. The highest BCUT2D eigenvalue weighted by atomic mass is 19.4. The molecule has 0 radical (unpaired) electrons. The average Bonchev–Trinajstić information content (AvgIpc) is 3.25. The molecule has 3 rings (SSSR count). The average molecular weight is 434 g/mol. The number of nitrogens with zero attached hydrogens (tertiary/aromatic N) is 4. The standard InChI is InChI=1S/C21H21F3N4O3/c1-11(2)30-20(29)17(18-13(4)27-31-14(18)5)9-28-10-25-19(26-28)15-6-12(3)7-16(8-15)21(22,23)24/h6-11H,1-5H3/b17-9+. The van der Waals surface area contributed by atoms with Crippen LogP contribution in [0.1, 0.15) is 42.0 Å². The lowest BCUT2D eigenvalue weighted by molar-refractivity contribution is -0.140. The minimum Gasteiger partial charge on any atom is -0.459 e. The molecule has 0 unspecified atom stereocenters. The van der Waals surface area contributed by atoms with E-state index in [9.17, 15) is 18.0 Å². The molecule has 0 atom stereocenters. The Morgan fingerprint density at radius 3 is 2.48 bits per heavy atom. The Balaban J connectivity index is 2.05. The minimum atomic E-state index is -4.49. The first-order valence-electron chi connectivity index (χ1n) is 9.42. The molecule has 0 fully saturated rings. The molecule has 0 aliphatic heterocycles. The third kappa shape index (κ3) is 5.01. The van der Waals surface area contributed by atoms with Gasteiger partial charge in [0.25, 0.3) is 0 Å². The van der Waals surface area contributed by atoms with Gasteiger partial charge in [-0.2, -0.15) is 13.2 Å². The molecule has 0 spiro atoms. The zero-order valence-corrected chi connectivity index (χ0v) is 17.6. The third-order valence-corrected chi connectivity index (χ3v) is 4.30. The number of carbonyl (C=O) groups is 1. The number of halogens is 3. The molecule has 0 bridgehead atoms. The van der Waals surface area contributed by atoms with E-state index < -0.39 is 17.7 Å². The number of rotatable bonds is 5. The number of esters is 1. The highest BCUT2D eigenvalue weighted by Crippen LogP contribution is 2.32. The summed E-state index contributed by atoms with van der Waals surface area (Å²) >= 11 is 0. The highest BCUT2D eigenvalue weighted by molar-refractivity contribution is 6.20. The monoisotopic (exact) mass is 434 g/mol. The van der Waals surface area contributed by atoms with Crippen LogP contribution in [0.25, 0.3) is 23.2 Å². The van der Waals surface area contributed by atoms with Crippen LogP contribution < -0.4 is 0 Å². The zero-order chi connectivity index (χ0) is 22.9. The Morgan fingerprint density at radius 2 is 1.90 bits per heavy atom. The van der Waals surface area contributed by atoms with E-state index >= 15 is 0 Å². The van der Waals surface area contributed by atoms with Crippen LogP contribution in [0.15, 0.2) is 29.0 Å². The van der Waals surface area contributed by atoms with Gasteiger partial charge in [0, 0.05) is 11.8 Å². The molecule has 10 heteroatoms. The SMILES string of the molecule is Cc1cc(-c2ncn(/C=C(/C(=O)OC(C)C)c3c(C)noc3C)n2)cc(C(F)(F)F)c1. The molecule has 0 aliphatic rings. The molecule has 0 N–H and O–H groups in total. The van der Waals surface area contributed by atoms with Gasteiger partial charge in [0.2, 0.25) is 0 Å². The second kappa shape index (κ2) is 8.37. The van der Waals surface area contributed by atoms with Gasteiger partial charge in [-0.25, -0.2) is 14.5 Å². The summed E-state index contributed by atoms with van der Waals surface area (Å²) in [5.41, 5.74) is 0.931. The molecule has 0 saturated carbocycles. The van der Waals surface area contributed by atoms with Crippen molar-refractivity contribution in [2.45, 2.75) is 46.9 Å². The molecule has 2 aromatic heterocycles. The number of hydrogen-bond donors (Lipinski definition) is 0. The summed E-state index contributed by atoms with van der Waals surface area (Å²) in [5.74, 6) is -0.115. The Labute approximate surface area is 176 Å². The van der Waals surface area contributed by atoms with E-state index in [1.807, 2.05) is 0 Å². The molecular formula is C21H21F3N4O3. The van der Waals surface area contributed by atoms with Gasteiger partial charge in [-0.05, 0) is 58.4 Å². The van der Waals surface area contributed by atoms with Gasteiger partial charge in [0.1, 0.15) is 12.1 Å². The van der Waals surface area contributed by atoms with Crippen molar-refractivity contribution in [3.05, 3.63) is 52.7 Å². The van der Waals surface area contributed by atoms with Crippen molar-refractivity contribution in [3.63, 3.8) is 0 Å². The van der Waals surface area contributed by atoms with Crippen LogP contribution in [0.2, 0.25) is 0 Å². The highest BCUT2D eigenvalue weighted by Gasteiger charge is 2.31. The topological polar surface area (TPSA) is 83.0 Å². The van der Waals surface area contributed by atoms with Gasteiger partial charge >= 0.3 is 12.1 Å². The van der Waals surface area contributed by atoms with E-state index in [1.165, 1.54) is 17.2 Å². The van der Waals surface area contributed by atoms with Gasteiger partial charge in [-0.15, -0.1) is 5.10 Å². The van der Waals surface area contributed by atoms with E-state index in [-0.39, 0.29) is 23.1 Å². The van der Waals surface area contributed by atoms with E-state index in [4.69, 9.17) is 9.26 Å². The van der Waals surface area contributed by atoms with Crippen LogP contribution in [0, 0.1) is 20.8 Å². The number of ether oxygens (including phenoxy) is 1. The van der Waals surface area contributed by atoms with Gasteiger partial charge < -0.3 is 9.26 Å². The number of benzene rings is 1. The molecule has 2 heterocycles. The van der Waals surface area contributed by atoms with Crippen LogP contribution in [0.4, 0.5) is 13.2 Å². The lowest BCUT2D eigenvalue weighted by Crippen LogP contribution is -2.14. The van der Waals surface area contributed by atoms with Gasteiger partial charge in [-0.1, -0.05) is 5.16 Å². The lowest BCUT2D eigenvalue weighted by Gasteiger charge is -2.11. The van der Waals surface area contributed by atoms with Crippen molar-refractivity contribution >= 4 is 17.7 Å². The zero-order valence-electron chi connectivity index (χ0n) is 17.6. The normalized spacial score (nSPS) is 12.5. The summed E-state index contributed by atoms with van der Waals surface area (Å²) in [4.78, 5) is 16.8. The Morgan fingerprint density at radius 1 is 1.19 bits per heavy atom. The maximum absolute atomic E-state index is 13.1. The fourth-order valence-electron chi connectivity index (χ4n) is 3.04. The molecular weight excluding hydrogens is 413 g/mol. The van der Waals surface area contributed by atoms with Crippen LogP contribution in [0.5, 0.6) is 0 Å². The molecule has 0 saturated heterocycles. The molecule has 1 aromatic carbocycles. The van der Waals surface area contributed by atoms with E-state index in [2.05, 4.69) is 15.2 Å². The predicted molar refractivity (Wildman–Crippen MR) is 107 cm³/mol. The van der Waals surface area contributed by atoms with Crippen molar-refractivity contribution in [3.8, 4) is 11.4 Å². The van der Waals surface area contributed by atoms with Crippen molar-refractivity contribution in [2.75, 3.05) is 0 Å². The fraction of sp³-hybridized carbons (Fsp3) is 0.333. The largest absolute Gasteiger partial charge is 0.459 e. The van der Waals surface area contributed by atoms with Crippen LogP contribution in [-0.2, 0) is 15.7 Å². The smallest absolute Gasteiger partial charge is 0.416 e. The quantitative estimate of drug-likeness (QED) is 0.423. The van der Waals surface area contributed by atoms with Crippen LogP contribution >= 0.6 is 0 Å². The minimum absolute atomic E-state index is 0.0841.